The third kappa shape index (κ3) is 1.14. The first-order valence-corrected chi connectivity index (χ1v) is 2.66. The fourth-order valence-electron chi connectivity index (χ4n) is 0.414. The zero-order valence-electron chi connectivity index (χ0n) is 4.68. The van der Waals surface area contributed by atoms with Gasteiger partial charge in [0.2, 0.25) is 6.29 Å². The van der Waals surface area contributed by atoms with E-state index in [-0.39, 0.29) is 6.29 Å². The van der Waals surface area contributed by atoms with Crippen LogP contribution in [0.3, 0.4) is 0 Å². The van der Waals surface area contributed by atoms with E-state index in [1.165, 1.54) is 0 Å². The topological polar surface area (TPSA) is 25.1 Å². The van der Waals surface area contributed by atoms with E-state index in [2.05, 4.69) is 23.6 Å². The van der Waals surface area contributed by atoms with Crippen LogP contribution in [-0.2, 0) is 9.78 Å². The molecule has 1 heterocycles. The minimum atomic E-state index is 0.116. The molecule has 42 valence electrons. The fraction of sp³-hybridized carbons (Fsp3) is 1.00. The minimum Gasteiger partial charge on any atom is -0.198 e. The van der Waals surface area contributed by atoms with Crippen molar-refractivity contribution in [3.05, 3.63) is 0 Å². The molecule has 0 N–H and O–H groups in total. The number of rotatable bonds is 2. The van der Waals surface area contributed by atoms with Crippen LogP contribution in [0, 0.1) is 5.92 Å². The van der Waals surface area contributed by atoms with Crippen LogP contribution in [0.15, 0.2) is 0 Å². The average Bonchev–Trinajstić information content (AvgIpc) is 2.44. The van der Waals surface area contributed by atoms with E-state index in [1.54, 1.807) is 0 Å². The van der Waals surface area contributed by atoms with Crippen LogP contribution in [0.25, 0.3) is 0 Å². The highest BCUT2D eigenvalue weighted by Gasteiger charge is 2.30. The van der Waals surface area contributed by atoms with E-state index >= 15 is 0 Å². The van der Waals surface area contributed by atoms with Crippen molar-refractivity contribution < 1.29 is 9.78 Å². The molecule has 0 saturated carbocycles. The summed E-state index contributed by atoms with van der Waals surface area (Å²) in [5.41, 5.74) is 0. The fourth-order valence-corrected chi connectivity index (χ4v) is 0.414. The first kappa shape index (κ1) is 5.06. The van der Waals surface area contributed by atoms with Crippen LogP contribution in [0.5, 0.6) is 0 Å². The quantitative estimate of drug-likeness (QED) is 0.388. The lowest BCUT2D eigenvalue weighted by atomic mass is 10.1. The molecule has 0 bridgehead atoms. The monoisotopic (exact) mass is 102 g/mol. The highest BCUT2D eigenvalue weighted by molar-refractivity contribution is 4.55. The Morgan fingerprint density at radius 1 is 1.57 bits per heavy atom. The van der Waals surface area contributed by atoms with Crippen molar-refractivity contribution in [2.45, 2.75) is 26.6 Å². The second kappa shape index (κ2) is 1.80. The van der Waals surface area contributed by atoms with Crippen molar-refractivity contribution in [3.8, 4) is 0 Å². The van der Waals surface area contributed by atoms with Crippen molar-refractivity contribution in [3.63, 3.8) is 0 Å². The van der Waals surface area contributed by atoms with Crippen LogP contribution < -0.4 is 0 Å². The van der Waals surface area contributed by atoms with Gasteiger partial charge in [0.15, 0.2) is 0 Å². The maximum Gasteiger partial charge on any atom is 0.227 e. The smallest absolute Gasteiger partial charge is 0.198 e. The minimum absolute atomic E-state index is 0.116. The van der Waals surface area contributed by atoms with Crippen LogP contribution in [0.2, 0.25) is 0 Å². The number of hydrogen-bond acceptors (Lipinski definition) is 2. The molecule has 0 aromatic heterocycles. The van der Waals surface area contributed by atoms with E-state index in [4.69, 9.17) is 0 Å². The maximum absolute atomic E-state index is 4.56. The molecule has 1 atom stereocenters. The molecule has 1 aliphatic rings. The van der Waals surface area contributed by atoms with Gasteiger partial charge in [0.1, 0.15) is 0 Å². The molecule has 1 rings (SSSR count). The van der Waals surface area contributed by atoms with E-state index in [9.17, 15) is 0 Å². The van der Waals surface area contributed by atoms with Gasteiger partial charge in [-0.1, -0.05) is 13.8 Å². The average molecular weight is 102 g/mol. The first-order valence-electron chi connectivity index (χ1n) is 2.66. The summed E-state index contributed by atoms with van der Waals surface area (Å²) in [5.74, 6) is 0.569. The van der Waals surface area contributed by atoms with Crippen LogP contribution in [0.4, 0.5) is 0 Å². The molecule has 0 spiro atoms. The SMILES string of the molecule is CCC(C)C1OO1. The number of hydrogen-bond donors (Lipinski definition) is 0. The molecule has 0 aliphatic carbocycles. The van der Waals surface area contributed by atoms with Gasteiger partial charge in [0.05, 0.1) is 0 Å². The molecule has 0 aromatic rings. The Bertz CT molecular complexity index is 59.1. The lowest BCUT2D eigenvalue weighted by Gasteiger charge is -1.94. The molecule has 0 radical (unpaired) electrons. The van der Waals surface area contributed by atoms with Crippen molar-refractivity contribution in [2.24, 2.45) is 5.92 Å². The van der Waals surface area contributed by atoms with Crippen LogP contribution in [0.1, 0.15) is 20.3 Å². The van der Waals surface area contributed by atoms with E-state index < -0.39 is 0 Å². The Balaban J connectivity index is 2.10. The van der Waals surface area contributed by atoms with Crippen LogP contribution >= 0.6 is 0 Å². The Hall–Kier alpha value is -0.0800. The second-order valence-electron chi connectivity index (χ2n) is 1.95. The molecule has 1 aliphatic heterocycles. The van der Waals surface area contributed by atoms with Gasteiger partial charge in [-0.25, -0.2) is 0 Å². The summed E-state index contributed by atoms with van der Waals surface area (Å²) in [4.78, 5) is 9.12. The van der Waals surface area contributed by atoms with Gasteiger partial charge in [-0.15, -0.1) is 0 Å². The van der Waals surface area contributed by atoms with E-state index in [0.717, 1.165) is 6.42 Å². The Labute approximate surface area is 43.3 Å². The van der Waals surface area contributed by atoms with Gasteiger partial charge in [0, 0.05) is 5.92 Å². The first-order chi connectivity index (χ1) is 3.34. The summed E-state index contributed by atoms with van der Waals surface area (Å²) in [6.45, 7) is 4.23. The predicted molar refractivity (Wildman–Crippen MR) is 25.4 cm³/mol. The largest absolute Gasteiger partial charge is 0.227 e. The molecule has 0 amide bonds. The van der Waals surface area contributed by atoms with Gasteiger partial charge in [-0.3, -0.25) is 0 Å². The highest BCUT2D eigenvalue weighted by Crippen LogP contribution is 2.23. The van der Waals surface area contributed by atoms with Crippen molar-refractivity contribution in [1.82, 2.24) is 0 Å². The second-order valence-corrected chi connectivity index (χ2v) is 1.95. The zero-order chi connectivity index (χ0) is 5.28. The summed E-state index contributed by atoms with van der Waals surface area (Å²) in [6, 6.07) is 0. The molecule has 2 heteroatoms. The lowest BCUT2D eigenvalue weighted by Crippen LogP contribution is -1.98. The Morgan fingerprint density at radius 3 is 2.29 bits per heavy atom. The molecule has 1 saturated heterocycles. The lowest BCUT2D eigenvalue weighted by molar-refractivity contribution is 0.0850. The van der Waals surface area contributed by atoms with Crippen molar-refractivity contribution in [1.29, 1.82) is 0 Å². The van der Waals surface area contributed by atoms with Crippen molar-refractivity contribution in [2.75, 3.05) is 0 Å². The molecule has 7 heavy (non-hydrogen) atoms. The van der Waals surface area contributed by atoms with Gasteiger partial charge in [-0.2, -0.15) is 9.78 Å². The van der Waals surface area contributed by atoms with E-state index in [0.29, 0.717) is 5.92 Å². The van der Waals surface area contributed by atoms with Crippen molar-refractivity contribution >= 4 is 0 Å². The summed E-state index contributed by atoms with van der Waals surface area (Å²) in [5, 5.41) is 0. The van der Waals surface area contributed by atoms with Gasteiger partial charge in [0.25, 0.3) is 0 Å². The molecular weight excluding hydrogens is 92.1 g/mol. The standard InChI is InChI=1S/C5H10O2/c1-3-4(2)5-6-7-5/h4-5H,3H2,1-2H3. The highest BCUT2D eigenvalue weighted by atomic mass is 17.4. The summed E-state index contributed by atoms with van der Waals surface area (Å²) >= 11 is 0. The van der Waals surface area contributed by atoms with E-state index in [1.807, 2.05) is 0 Å². The normalized spacial score (nSPS) is 24.9. The molecule has 1 unspecified atom stereocenters. The van der Waals surface area contributed by atoms with Gasteiger partial charge >= 0.3 is 0 Å². The van der Waals surface area contributed by atoms with Crippen LogP contribution in [-0.4, -0.2) is 6.29 Å². The Morgan fingerprint density at radius 2 is 2.14 bits per heavy atom. The zero-order valence-corrected chi connectivity index (χ0v) is 4.68. The summed E-state index contributed by atoms with van der Waals surface area (Å²) in [7, 11) is 0. The summed E-state index contributed by atoms with van der Waals surface area (Å²) < 4.78 is 0. The Kier molecular flexibility index (Phi) is 1.30. The van der Waals surface area contributed by atoms with Gasteiger partial charge < -0.3 is 0 Å². The third-order valence-corrected chi connectivity index (χ3v) is 1.32. The predicted octanol–water partition coefficient (Wildman–Crippen LogP) is 1.32. The maximum atomic E-state index is 4.56. The molecule has 0 aromatic carbocycles. The summed E-state index contributed by atoms with van der Waals surface area (Å²) in [6.07, 6.45) is 1.25. The van der Waals surface area contributed by atoms with Gasteiger partial charge in [-0.05, 0) is 6.42 Å². The molecule has 2 nitrogen and oxygen atoms in total. The third-order valence-electron chi connectivity index (χ3n) is 1.32. The molecular formula is C5H10O2. The molecule has 1 fully saturated rings.